The van der Waals surface area contributed by atoms with Gasteiger partial charge in [-0.2, -0.15) is 0 Å². The number of benzene rings is 2. The molecule has 2 aromatic carbocycles. The maximum Gasteiger partial charge on any atom is 0.263 e. The lowest BCUT2D eigenvalue weighted by atomic mass is 10.2. The highest BCUT2D eigenvalue weighted by molar-refractivity contribution is 5.82. The smallest absolute Gasteiger partial charge is 0.263 e. The second kappa shape index (κ2) is 10.1. The van der Waals surface area contributed by atoms with Crippen LogP contribution >= 0.6 is 0 Å². The molecular formula is C20H24N2O5. The molecule has 0 saturated heterocycles. The van der Waals surface area contributed by atoms with Crippen molar-refractivity contribution in [3.8, 4) is 17.2 Å². The van der Waals surface area contributed by atoms with Crippen LogP contribution in [0.5, 0.6) is 17.2 Å². The van der Waals surface area contributed by atoms with Gasteiger partial charge < -0.3 is 24.4 Å². The fraction of sp³-hybridized carbons (Fsp3) is 0.300. The monoisotopic (exact) mass is 372 g/mol. The van der Waals surface area contributed by atoms with E-state index in [9.17, 15) is 4.79 Å². The average molecular weight is 372 g/mol. The minimum absolute atomic E-state index is 0.273. The van der Waals surface area contributed by atoms with Gasteiger partial charge in [0.1, 0.15) is 5.75 Å². The summed E-state index contributed by atoms with van der Waals surface area (Å²) < 4.78 is 15.7. The molecule has 1 N–H and O–H groups in total. The molecular weight excluding hydrogens is 348 g/mol. The Morgan fingerprint density at radius 2 is 1.74 bits per heavy atom. The molecule has 0 aliphatic heterocycles. The Hall–Kier alpha value is -3.22. The molecule has 0 heterocycles. The highest BCUT2D eigenvalue weighted by atomic mass is 16.6. The normalized spacial score (nSPS) is 11.7. The first-order chi connectivity index (χ1) is 13.1. The van der Waals surface area contributed by atoms with Crippen LogP contribution in [0.25, 0.3) is 0 Å². The molecule has 7 nitrogen and oxygen atoms in total. The third kappa shape index (κ3) is 5.64. The molecule has 2 rings (SSSR count). The molecule has 0 aliphatic carbocycles. The summed E-state index contributed by atoms with van der Waals surface area (Å²) in [5.74, 6) is 1.66. The number of methoxy groups -OCH3 is 3. The maximum atomic E-state index is 12.2. The van der Waals surface area contributed by atoms with Crippen molar-refractivity contribution in [1.29, 1.82) is 0 Å². The molecule has 1 atom stereocenters. The van der Waals surface area contributed by atoms with Crippen LogP contribution in [0.1, 0.15) is 18.1 Å². The highest BCUT2D eigenvalue weighted by Gasteiger charge is 2.14. The lowest BCUT2D eigenvalue weighted by Gasteiger charge is -2.12. The third-order valence-corrected chi connectivity index (χ3v) is 3.84. The summed E-state index contributed by atoms with van der Waals surface area (Å²) in [4.78, 5) is 17.4. The van der Waals surface area contributed by atoms with E-state index in [4.69, 9.17) is 19.0 Å². The number of ether oxygens (including phenoxy) is 3. The molecule has 2 aromatic rings. The van der Waals surface area contributed by atoms with E-state index in [1.54, 1.807) is 46.5 Å². The molecule has 0 saturated carbocycles. The number of hydrogen-bond acceptors (Lipinski definition) is 6. The van der Waals surface area contributed by atoms with Crippen molar-refractivity contribution in [3.63, 3.8) is 0 Å². The number of amides is 1. The second-order valence-electron chi connectivity index (χ2n) is 5.63. The molecule has 0 aromatic heterocycles. The molecule has 0 radical (unpaired) electrons. The third-order valence-electron chi connectivity index (χ3n) is 3.84. The Morgan fingerprint density at radius 3 is 2.44 bits per heavy atom. The van der Waals surface area contributed by atoms with Gasteiger partial charge in [0.15, 0.2) is 11.5 Å². The van der Waals surface area contributed by atoms with E-state index in [1.165, 1.54) is 6.21 Å². The highest BCUT2D eigenvalue weighted by Crippen LogP contribution is 2.26. The summed E-state index contributed by atoms with van der Waals surface area (Å²) in [6.45, 7) is 1.97. The van der Waals surface area contributed by atoms with Crippen LogP contribution in [0, 0.1) is 0 Å². The SMILES string of the molecule is COc1ccccc1CNC(=O)C(C)ON=Cc1ccc(OC)c(OC)c1. The number of oxime groups is 1. The van der Waals surface area contributed by atoms with Crippen LogP contribution in [0.4, 0.5) is 0 Å². The van der Waals surface area contributed by atoms with E-state index in [-0.39, 0.29) is 5.91 Å². The van der Waals surface area contributed by atoms with Crippen LogP contribution in [-0.2, 0) is 16.2 Å². The number of nitrogens with one attached hydrogen (secondary N) is 1. The fourth-order valence-electron chi connectivity index (χ4n) is 2.34. The van der Waals surface area contributed by atoms with Crippen LogP contribution in [0.2, 0.25) is 0 Å². The molecule has 1 amide bonds. The lowest BCUT2D eigenvalue weighted by molar-refractivity contribution is -0.131. The van der Waals surface area contributed by atoms with Crippen molar-refractivity contribution in [2.45, 2.75) is 19.6 Å². The summed E-state index contributed by atoms with van der Waals surface area (Å²) in [6.07, 6.45) is 0.766. The Kier molecular flexibility index (Phi) is 7.49. The predicted octanol–water partition coefficient (Wildman–Crippen LogP) is 2.77. The quantitative estimate of drug-likeness (QED) is 0.541. The van der Waals surface area contributed by atoms with Crippen molar-refractivity contribution in [2.24, 2.45) is 5.16 Å². The van der Waals surface area contributed by atoms with Crippen LogP contribution in [0.15, 0.2) is 47.6 Å². The number of para-hydroxylation sites is 1. The van der Waals surface area contributed by atoms with Gasteiger partial charge in [0.2, 0.25) is 6.10 Å². The van der Waals surface area contributed by atoms with Crippen LogP contribution in [-0.4, -0.2) is 39.6 Å². The van der Waals surface area contributed by atoms with Crippen LogP contribution < -0.4 is 19.5 Å². The topological polar surface area (TPSA) is 78.4 Å². The zero-order valence-corrected chi connectivity index (χ0v) is 15.9. The summed E-state index contributed by atoms with van der Waals surface area (Å²) in [5.41, 5.74) is 1.64. The van der Waals surface area contributed by atoms with Crippen molar-refractivity contribution < 1.29 is 23.8 Å². The molecule has 0 bridgehead atoms. The summed E-state index contributed by atoms with van der Waals surface area (Å²) in [5, 5.41) is 6.68. The fourth-order valence-corrected chi connectivity index (χ4v) is 2.34. The van der Waals surface area contributed by atoms with Gasteiger partial charge in [0, 0.05) is 17.7 Å². The van der Waals surface area contributed by atoms with Crippen molar-refractivity contribution in [2.75, 3.05) is 21.3 Å². The Morgan fingerprint density at radius 1 is 1.04 bits per heavy atom. The van der Waals surface area contributed by atoms with E-state index in [1.807, 2.05) is 24.3 Å². The zero-order chi connectivity index (χ0) is 19.6. The average Bonchev–Trinajstić information content (AvgIpc) is 2.71. The van der Waals surface area contributed by atoms with Crippen molar-refractivity contribution >= 4 is 12.1 Å². The van der Waals surface area contributed by atoms with Gasteiger partial charge in [-0.25, -0.2) is 0 Å². The molecule has 1 unspecified atom stereocenters. The molecule has 7 heteroatoms. The van der Waals surface area contributed by atoms with Gasteiger partial charge in [0.05, 0.1) is 27.5 Å². The first-order valence-electron chi connectivity index (χ1n) is 8.39. The summed E-state index contributed by atoms with van der Waals surface area (Å²) in [7, 11) is 4.72. The van der Waals surface area contributed by atoms with E-state index >= 15 is 0 Å². The van der Waals surface area contributed by atoms with Gasteiger partial charge in [-0.05, 0) is 31.2 Å². The lowest BCUT2D eigenvalue weighted by Crippen LogP contribution is -2.33. The predicted molar refractivity (Wildman–Crippen MR) is 103 cm³/mol. The van der Waals surface area contributed by atoms with Crippen molar-refractivity contribution in [3.05, 3.63) is 53.6 Å². The van der Waals surface area contributed by atoms with E-state index in [0.29, 0.717) is 18.0 Å². The number of rotatable bonds is 9. The minimum Gasteiger partial charge on any atom is -0.496 e. The molecule has 27 heavy (non-hydrogen) atoms. The first kappa shape index (κ1) is 20.1. The first-order valence-corrected chi connectivity index (χ1v) is 8.39. The second-order valence-corrected chi connectivity index (χ2v) is 5.63. The van der Waals surface area contributed by atoms with Crippen molar-refractivity contribution in [1.82, 2.24) is 5.32 Å². The van der Waals surface area contributed by atoms with Gasteiger partial charge in [-0.15, -0.1) is 0 Å². The Bertz CT molecular complexity index is 792. The van der Waals surface area contributed by atoms with Gasteiger partial charge in [-0.3, -0.25) is 4.79 Å². The summed E-state index contributed by atoms with van der Waals surface area (Å²) >= 11 is 0. The standard InChI is InChI=1S/C20H24N2O5/c1-14(20(23)21-13-16-7-5-6-8-17(16)24-2)27-22-12-15-9-10-18(25-3)19(11-15)26-4/h5-12,14H,13H2,1-4H3,(H,21,23). The number of carbonyl (C=O) groups is 1. The minimum atomic E-state index is -0.740. The molecule has 0 fully saturated rings. The largest absolute Gasteiger partial charge is 0.496 e. The summed E-state index contributed by atoms with van der Waals surface area (Å²) in [6, 6.07) is 12.8. The Labute approximate surface area is 158 Å². The Balaban J connectivity index is 1.88. The zero-order valence-electron chi connectivity index (χ0n) is 15.9. The molecule has 0 spiro atoms. The van der Waals surface area contributed by atoms with Gasteiger partial charge >= 0.3 is 0 Å². The van der Waals surface area contributed by atoms with E-state index < -0.39 is 6.10 Å². The number of hydrogen-bond donors (Lipinski definition) is 1. The van der Waals surface area contributed by atoms with Gasteiger partial charge in [-0.1, -0.05) is 23.4 Å². The van der Waals surface area contributed by atoms with Crippen LogP contribution in [0.3, 0.4) is 0 Å². The van der Waals surface area contributed by atoms with E-state index in [0.717, 1.165) is 16.9 Å². The maximum absolute atomic E-state index is 12.2. The molecule has 0 aliphatic rings. The number of carbonyl (C=O) groups excluding carboxylic acids is 1. The van der Waals surface area contributed by atoms with E-state index in [2.05, 4.69) is 10.5 Å². The molecule has 144 valence electrons. The number of nitrogens with zero attached hydrogens (tertiary/aromatic N) is 1. The van der Waals surface area contributed by atoms with Gasteiger partial charge in [0.25, 0.3) is 5.91 Å².